The van der Waals surface area contributed by atoms with Crippen LogP contribution in [0.4, 0.5) is 19.9 Å². The zero-order valence-electron chi connectivity index (χ0n) is 19.2. The van der Waals surface area contributed by atoms with Gasteiger partial charge in [-0.15, -0.1) is 0 Å². The van der Waals surface area contributed by atoms with Gasteiger partial charge < -0.3 is 20.3 Å². The number of hydrogen-bond acceptors (Lipinski definition) is 6. The van der Waals surface area contributed by atoms with E-state index >= 15 is 0 Å². The molecule has 10 heteroatoms. The molecule has 0 saturated carbocycles. The molecule has 2 N–H and O–H groups in total. The SMILES string of the molecule is CC(C)(C)OC(=O)N1CCC[C@@H](NC(=O)c2c(Nc3ccc(I)cc3F)sc3ncccc23)C1. The number of carbonyl (C=O) groups is 2. The third-order valence-corrected chi connectivity index (χ3v) is 6.98. The molecule has 0 radical (unpaired) electrons. The van der Waals surface area contributed by atoms with E-state index in [1.54, 1.807) is 29.3 Å². The van der Waals surface area contributed by atoms with Gasteiger partial charge in [0.15, 0.2) is 0 Å². The zero-order valence-corrected chi connectivity index (χ0v) is 22.1. The maximum atomic E-state index is 14.5. The van der Waals surface area contributed by atoms with Crippen LogP contribution in [0.3, 0.4) is 0 Å². The first-order chi connectivity index (χ1) is 16.1. The number of anilines is 2. The van der Waals surface area contributed by atoms with Crippen LogP contribution in [0.2, 0.25) is 0 Å². The van der Waals surface area contributed by atoms with Gasteiger partial charge in [-0.25, -0.2) is 14.2 Å². The summed E-state index contributed by atoms with van der Waals surface area (Å²) < 4.78 is 20.8. The molecule has 3 heterocycles. The zero-order chi connectivity index (χ0) is 24.5. The average Bonchev–Trinajstić information content (AvgIpc) is 3.13. The maximum absolute atomic E-state index is 14.5. The summed E-state index contributed by atoms with van der Waals surface area (Å²) in [6.45, 7) is 6.44. The van der Waals surface area contributed by atoms with Crippen LogP contribution in [0, 0.1) is 9.39 Å². The lowest BCUT2D eigenvalue weighted by molar-refractivity contribution is 0.0185. The Morgan fingerprint density at radius 2 is 2.09 bits per heavy atom. The molecule has 1 aliphatic heterocycles. The minimum absolute atomic E-state index is 0.219. The molecule has 34 heavy (non-hydrogen) atoms. The summed E-state index contributed by atoms with van der Waals surface area (Å²) in [5.41, 5.74) is 0.122. The van der Waals surface area contributed by atoms with Crippen LogP contribution in [0.15, 0.2) is 36.5 Å². The summed E-state index contributed by atoms with van der Waals surface area (Å²) in [7, 11) is 0. The average molecular weight is 596 g/mol. The highest BCUT2D eigenvalue weighted by Gasteiger charge is 2.30. The molecule has 0 bridgehead atoms. The van der Waals surface area contributed by atoms with E-state index in [0.717, 1.165) is 16.4 Å². The molecule has 1 aliphatic rings. The lowest BCUT2D eigenvalue weighted by Crippen LogP contribution is -2.50. The summed E-state index contributed by atoms with van der Waals surface area (Å²) in [6.07, 6.45) is 2.79. The van der Waals surface area contributed by atoms with Crippen molar-refractivity contribution in [3.63, 3.8) is 0 Å². The second kappa shape index (κ2) is 10.0. The van der Waals surface area contributed by atoms with Gasteiger partial charge >= 0.3 is 6.09 Å². The molecule has 1 saturated heterocycles. The minimum atomic E-state index is -0.582. The molecule has 180 valence electrons. The van der Waals surface area contributed by atoms with Crippen LogP contribution in [-0.2, 0) is 4.74 Å². The van der Waals surface area contributed by atoms with E-state index in [9.17, 15) is 14.0 Å². The molecule has 2 aromatic heterocycles. The number of nitrogens with zero attached hydrogens (tertiary/aromatic N) is 2. The topological polar surface area (TPSA) is 83.6 Å². The van der Waals surface area contributed by atoms with Crippen LogP contribution in [0.25, 0.3) is 10.2 Å². The Balaban J connectivity index is 1.56. The molecule has 1 atom stereocenters. The Labute approximate surface area is 215 Å². The largest absolute Gasteiger partial charge is 0.444 e. The Morgan fingerprint density at radius 1 is 1.29 bits per heavy atom. The van der Waals surface area contributed by atoms with Crippen molar-refractivity contribution in [2.45, 2.75) is 45.3 Å². The van der Waals surface area contributed by atoms with Crippen LogP contribution in [0.1, 0.15) is 44.0 Å². The molecule has 4 rings (SSSR count). The highest BCUT2D eigenvalue weighted by Crippen LogP contribution is 2.37. The van der Waals surface area contributed by atoms with E-state index in [4.69, 9.17) is 4.74 Å². The number of amides is 2. The Morgan fingerprint density at radius 3 is 2.82 bits per heavy atom. The minimum Gasteiger partial charge on any atom is -0.444 e. The van der Waals surface area contributed by atoms with Gasteiger partial charge in [0.1, 0.15) is 21.2 Å². The molecular formula is C24H26FIN4O3S. The number of benzene rings is 1. The number of carbonyl (C=O) groups excluding carboxylic acids is 2. The number of halogens is 2. The van der Waals surface area contributed by atoms with Crippen molar-refractivity contribution in [3.05, 3.63) is 51.5 Å². The first kappa shape index (κ1) is 24.6. The summed E-state index contributed by atoms with van der Waals surface area (Å²) in [4.78, 5) is 32.6. The fraction of sp³-hybridized carbons (Fsp3) is 0.375. The Bertz CT molecular complexity index is 1230. The second-order valence-electron chi connectivity index (χ2n) is 9.15. The van der Waals surface area contributed by atoms with E-state index in [0.29, 0.717) is 33.9 Å². The van der Waals surface area contributed by atoms with Gasteiger partial charge in [-0.3, -0.25) is 4.79 Å². The number of fused-ring (bicyclic) bond motifs is 1. The molecule has 0 unspecified atom stereocenters. The van der Waals surface area contributed by atoms with Crippen molar-refractivity contribution in [3.8, 4) is 0 Å². The predicted molar refractivity (Wildman–Crippen MR) is 140 cm³/mol. The normalized spacial score (nSPS) is 16.4. The van der Waals surface area contributed by atoms with Crippen LogP contribution in [-0.4, -0.2) is 46.6 Å². The molecule has 2 amide bonds. The van der Waals surface area contributed by atoms with Crippen molar-refractivity contribution in [2.75, 3.05) is 18.4 Å². The van der Waals surface area contributed by atoms with Gasteiger partial charge in [-0.1, -0.05) is 11.3 Å². The number of hydrogen-bond donors (Lipinski definition) is 2. The molecule has 3 aromatic rings. The Hall–Kier alpha value is -2.47. The van der Waals surface area contributed by atoms with E-state index in [1.165, 1.54) is 17.4 Å². The van der Waals surface area contributed by atoms with Crippen molar-refractivity contribution in [2.24, 2.45) is 0 Å². The van der Waals surface area contributed by atoms with Crippen LogP contribution in [0.5, 0.6) is 0 Å². The number of thiophene rings is 1. The molecule has 1 aromatic carbocycles. The number of pyridine rings is 1. The monoisotopic (exact) mass is 596 g/mol. The number of rotatable bonds is 4. The first-order valence-corrected chi connectivity index (χ1v) is 12.9. The van der Waals surface area contributed by atoms with Gasteiger partial charge in [-0.2, -0.15) is 0 Å². The van der Waals surface area contributed by atoms with Crippen molar-refractivity contribution < 1.29 is 18.7 Å². The number of likely N-dealkylation sites (tertiary alicyclic amines) is 1. The fourth-order valence-electron chi connectivity index (χ4n) is 3.80. The number of nitrogens with one attached hydrogen (secondary N) is 2. The Kier molecular flexibility index (Phi) is 7.27. The summed E-state index contributed by atoms with van der Waals surface area (Å²) in [5, 5.41) is 7.36. The number of ether oxygens (including phenoxy) is 1. The van der Waals surface area contributed by atoms with E-state index < -0.39 is 11.4 Å². The predicted octanol–water partition coefficient (Wildman–Crippen LogP) is 5.91. The molecule has 0 aliphatic carbocycles. The highest BCUT2D eigenvalue weighted by molar-refractivity contribution is 14.1. The fourth-order valence-corrected chi connectivity index (χ4v) is 5.31. The van der Waals surface area contributed by atoms with Crippen LogP contribution >= 0.6 is 33.9 Å². The second-order valence-corrected chi connectivity index (χ2v) is 11.4. The van der Waals surface area contributed by atoms with E-state index in [2.05, 4.69) is 15.6 Å². The molecule has 1 fully saturated rings. The van der Waals surface area contributed by atoms with Gasteiger partial charge in [0.2, 0.25) is 0 Å². The van der Waals surface area contributed by atoms with Crippen molar-refractivity contribution in [1.29, 1.82) is 0 Å². The van der Waals surface area contributed by atoms with Gasteiger partial charge in [0, 0.05) is 34.3 Å². The van der Waals surface area contributed by atoms with Gasteiger partial charge in [-0.05, 0) is 86.5 Å². The van der Waals surface area contributed by atoms with Gasteiger partial charge in [0.05, 0.1) is 11.3 Å². The lowest BCUT2D eigenvalue weighted by Gasteiger charge is -2.34. The standard InChI is InChI=1S/C24H26FIN4O3S/c1-24(2,3)33-23(32)30-11-5-6-15(13-30)28-20(31)19-16-7-4-10-27-21(16)34-22(19)29-18-9-8-14(26)12-17(18)25/h4,7-10,12,15,29H,5-6,11,13H2,1-3H3,(H,28,31)/t15-/m1/s1. The maximum Gasteiger partial charge on any atom is 0.410 e. The quantitative estimate of drug-likeness (QED) is 0.366. The summed E-state index contributed by atoms with van der Waals surface area (Å²) in [6, 6.07) is 8.26. The molecule has 0 spiro atoms. The van der Waals surface area contributed by atoms with Crippen molar-refractivity contribution in [1.82, 2.24) is 15.2 Å². The highest BCUT2D eigenvalue weighted by atomic mass is 127. The lowest BCUT2D eigenvalue weighted by atomic mass is 10.1. The third kappa shape index (κ3) is 5.77. The number of piperidine rings is 1. The van der Waals surface area contributed by atoms with Gasteiger partial charge in [0.25, 0.3) is 5.91 Å². The van der Waals surface area contributed by atoms with Crippen molar-refractivity contribution >= 4 is 66.8 Å². The summed E-state index contributed by atoms with van der Waals surface area (Å²) in [5.74, 6) is -0.687. The molecular weight excluding hydrogens is 570 g/mol. The smallest absolute Gasteiger partial charge is 0.410 e. The number of aromatic nitrogens is 1. The first-order valence-electron chi connectivity index (χ1n) is 11.0. The summed E-state index contributed by atoms with van der Waals surface area (Å²) >= 11 is 3.35. The third-order valence-electron chi connectivity index (χ3n) is 5.28. The molecule has 7 nitrogen and oxygen atoms in total. The van der Waals surface area contributed by atoms with E-state index in [-0.39, 0.29) is 23.7 Å². The van der Waals surface area contributed by atoms with E-state index in [1.807, 2.05) is 49.4 Å². The van der Waals surface area contributed by atoms with Crippen LogP contribution < -0.4 is 10.6 Å².